The zero-order chi connectivity index (χ0) is 24.4. The second-order valence-electron chi connectivity index (χ2n) is 8.38. The smallest absolute Gasteiger partial charge is 0.273 e. The number of nitrogens with zero attached hydrogens (tertiary/aromatic N) is 2. The fourth-order valence-electron chi connectivity index (χ4n) is 4.64. The summed E-state index contributed by atoms with van der Waals surface area (Å²) in [6, 6.07) is 22.4. The Labute approximate surface area is 203 Å². The van der Waals surface area contributed by atoms with Crippen LogP contribution in [0.25, 0.3) is 11.3 Å². The van der Waals surface area contributed by atoms with E-state index in [-0.39, 0.29) is 17.7 Å². The number of ether oxygens (including phenoxy) is 2. The molecule has 1 aliphatic heterocycles. The fourth-order valence-corrected chi connectivity index (χ4v) is 4.64. The van der Waals surface area contributed by atoms with Crippen LogP contribution in [0.4, 0.5) is 0 Å². The standard InChI is InChI=1S/C28H27N3O4/c1-3-35-21-8-6-7-19(17-21)27-24-25(22-9-4-5-10-23(22)32)29-30-26(24)28(33)31(27)16-15-18-11-13-20(34-2)14-12-18/h4-14,17,27,32H,3,15-16H2,1-2H3,(H,29,30)/t27-/m0/s1. The van der Waals surface area contributed by atoms with Crippen LogP contribution in [0.5, 0.6) is 17.2 Å². The summed E-state index contributed by atoms with van der Waals surface area (Å²) < 4.78 is 11.0. The first-order chi connectivity index (χ1) is 17.1. The van der Waals surface area contributed by atoms with Crippen LogP contribution in [0.2, 0.25) is 0 Å². The lowest BCUT2D eigenvalue weighted by atomic mass is 9.95. The van der Waals surface area contributed by atoms with Gasteiger partial charge in [0.1, 0.15) is 28.6 Å². The van der Waals surface area contributed by atoms with Crippen LogP contribution in [0, 0.1) is 0 Å². The molecule has 0 unspecified atom stereocenters. The molecule has 1 atom stereocenters. The Hall–Kier alpha value is -4.26. The molecule has 2 heterocycles. The van der Waals surface area contributed by atoms with Crippen LogP contribution in [0.1, 0.15) is 40.1 Å². The second kappa shape index (κ2) is 9.54. The van der Waals surface area contributed by atoms with Gasteiger partial charge in [-0.2, -0.15) is 5.10 Å². The zero-order valence-corrected chi connectivity index (χ0v) is 19.7. The van der Waals surface area contributed by atoms with Crippen molar-refractivity contribution in [3.05, 3.63) is 95.2 Å². The molecule has 0 spiro atoms. The molecule has 0 fully saturated rings. The van der Waals surface area contributed by atoms with Crippen molar-refractivity contribution in [2.45, 2.75) is 19.4 Å². The van der Waals surface area contributed by atoms with Crippen molar-refractivity contribution < 1.29 is 19.4 Å². The Bertz CT molecular complexity index is 1350. The van der Waals surface area contributed by atoms with Crippen molar-refractivity contribution in [2.75, 3.05) is 20.3 Å². The molecule has 7 nitrogen and oxygen atoms in total. The molecule has 7 heteroatoms. The Balaban J connectivity index is 1.56. The number of hydrogen-bond donors (Lipinski definition) is 2. The van der Waals surface area contributed by atoms with Gasteiger partial charge in [0.25, 0.3) is 5.91 Å². The summed E-state index contributed by atoms with van der Waals surface area (Å²) in [6.07, 6.45) is 0.682. The SMILES string of the molecule is CCOc1cccc([C@H]2c3c(-c4ccccc4O)n[nH]c3C(=O)N2CCc2ccc(OC)cc2)c1. The molecule has 0 radical (unpaired) electrons. The molecule has 1 aliphatic rings. The topological polar surface area (TPSA) is 87.7 Å². The molecule has 4 aromatic rings. The van der Waals surface area contributed by atoms with Gasteiger partial charge in [0.15, 0.2) is 0 Å². The second-order valence-corrected chi connectivity index (χ2v) is 8.38. The number of aromatic nitrogens is 2. The average molecular weight is 470 g/mol. The number of aromatic hydroxyl groups is 1. The van der Waals surface area contributed by atoms with Gasteiger partial charge in [0.05, 0.1) is 19.8 Å². The van der Waals surface area contributed by atoms with Gasteiger partial charge in [0.2, 0.25) is 0 Å². The largest absolute Gasteiger partial charge is 0.507 e. The number of rotatable bonds is 8. The molecular formula is C28H27N3O4. The van der Waals surface area contributed by atoms with E-state index < -0.39 is 0 Å². The van der Waals surface area contributed by atoms with E-state index in [1.807, 2.05) is 72.5 Å². The number of methoxy groups -OCH3 is 1. The van der Waals surface area contributed by atoms with E-state index in [2.05, 4.69) is 10.2 Å². The summed E-state index contributed by atoms with van der Waals surface area (Å²) >= 11 is 0. The monoisotopic (exact) mass is 469 g/mol. The van der Waals surface area contributed by atoms with Crippen molar-refractivity contribution in [3.63, 3.8) is 0 Å². The average Bonchev–Trinajstić information content (AvgIpc) is 3.42. The van der Waals surface area contributed by atoms with Gasteiger partial charge in [-0.3, -0.25) is 9.89 Å². The van der Waals surface area contributed by atoms with Crippen molar-refractivity contribution in [3.8, 4) is 28.5 Å². The number of para-hydroxylation sites is 1. The number of phenols is 1. The van der Waals surface area contributed by atoms with Gasteiger partial charge >= 0.3 is 0 Å². The maximum Gasteiger partial charge on any atom is 0.273 e. The molecule has 35 heavy (non-hydrogen) atoms. The highest BCUT2D eigenvalue weighted by Gasteiger charge is 2.42. The number of fused-ring (bicyclic) bond motifs is 1. The Morgan fingerprint density at radius 2 is 1.83 bits per heavy atom. The summed E-state index contributed by atoms with van der Waals surface area (Å²) in [5, 5.41) is 17.9. The summed E-state index contributed by atoms with van der Waals surface area (Å²) in [7, 11) is 1.64. The van der Waals surface area contributed by atoms with E-state index in [0.29, 0.717) is 36.5 Å². The van der Waals surface area contributed by atoms with Crippen molar-refractivity contribution in [2.24, 2.45) is 0 Å². The summed E-state index contributed by atoms with van der Waals surface area (Å²) in [5.41, 5.74) is 4.40. The first kappa shape index (κ1) is 22.5. The highest BCUT2D eigenvalue weighted by atomic mass is 16.5. The van der Waals surface area contributed by atoms with Gasteiger partial charge in [-0.25, -0.2) is 0 Å². The highest BCUT2D eigenvalue weighted by molar-refractivity contribution is 6.00. The molecule has 0 saturated carbocycles. The summed E-state index contributed by atoms with van der Waals surface area (Å²) in [5.74, 6) is 1.54. The number of carbonyl (C=O) groups excluding carboxylic acids is 1. The normalized spacial score (nSPS) is 14.7. The molecule has 0 saturated heterocycles. The van der Waals surface area contributed by atoms with Crippen molar-refractivity contribution in [1.29, 1.82) is 0 Å². The quantitative estimate of drug-likeness (QED) is 0.380. The molecule has 2 N–H and O–H groups in total. The number of benzene rings is 3. The van der Waals surface area contributed by atoms with Crippen molar-refractivity contribution >= 4 is 5.91 Å². The number of hydrogen-bond acceptors (Lipinski definition) is 5. The number of aromatic amines is 1. The van der Waals surface area contributed by atoms with Gasteiger partial charge in [-0.05, 0) is 60.9 Å². The van der Waals surface area contributed by atoms with Crippen LogP contribution in [-0.2, 0) is 6.42 Å². The lowest BCUT2D eigenvalue weighted by Gasteiger charge is -2.27. The number of carbonyl (C=O) groups is 1. The molecule has 178 valence electrons. The van der Waals surface area contributed by atoms with Crippen LogP contribution in [-0.4, -0.2) is 46.4 Å². The molecule has 5 rings (SSSR count). The first-order valence-electron chi connectivity index (χ1n) is 11.6. The van der Waals surface area contributed by atoms with E-state index in [1.54, 1.807) is 19.2 Å². The lowest BCUT2D eigenvalue weighted by molar-refractivity contribution is 0.0745. The fraction of sp³-hybridized carbons (Fsp3) is 0.214. The third-order valence-electron chi connectivity index (χ3n) is 6.31. The minimum atomic E-state index is -0.371. The summed E-state index contributed by atoms with van der Waals surface area (Å²) in [6.45, 7) is 3.00. The van der Waals surface area contributed by atoms with Crippen LogP contribution < -0.4 is 9.47 Å². The molecule has 0 aliphatic carbocycles. The molecule has 1 amide bonds. The van der Waals surface area contributed by atoms with Crippen LogP contribution >= 0.6 is 0 Å². The minimum absolute atomic E-state index is 0.116. The van der Waals surface area contributed by atoms with E-state index in [9.17, 15) is 9.90 Å². The van der Waals surface area contributed by atoms with Gasteiger partial charge in [0, 0.05) is 17.7 Å². The maximum atomic E-state index is 13.6. The van der Waals surface area contributed by atoms with Gasteiger partial charge in [-0.1, -0.05) is 36.4 Å². The maximum absolute atomic E-state index is 13.6. The van der Waals surface area contributed by atoms with Crippen LogP contribution in [0.3, 0.4) is 0 Å². The zero-order valence-electron chi connectivity index (χ0n) is 19.7. The number of phenolic OH excluding ortho intramolecular Hbond substituents is 1. The van der Waals surface area contributed by atoms with E-state index in [0.717, 1.165) is 28.2 Å². The first-order valence-corrected chi connectivity index (χ1v) is 11.6. The third-order valence-corrected chi connectivity index (χ3v) is 6.31. The predicted octanol–water partition coefficient (Wildman–Crippen LogP) is 4.98. The number of H-pyrrole nitrogens is 1. The van der Waals surface area contributed by atoms with E-state index in [1.165, 1.54) is 0 Å². The Morgan fingerprint density at radius 3 is 2.57 bits per heavy atom. The predicted molar refractivity (Wildman–Crippen MR) is 133 cm³/mol. The lowest BCUT2D eigenvalue weighted by Crippen LogP contribution is -2.31. The van der Waals surface area contributed by atoms with Gasteiger partial charge in [-0.15, -0.1) is 0 Å². The molecule has 3 aromatic carbocycles. The third kappa shape index (κ3) is 4.21. The Kier molecular flexibility index (Phi) is 6.14. The Morgan fingerprint density at radius 1 is 1.03 bits per heavy atom. The summed E-state index contributed by atoms with van der Waals surface area (Å²) in [4.78, 5) is 15.4. The molecular weight excluding hydrogens is 442 g/mol. The van der Waals surface area contributed by atoms with E-state index >= 15 is 0 Å². The highest BCUT2D eigenvalue weighted by Crippen LogP contribution is 2.44. The molecule has 1 aromatic heterocycles. The van der Waals surface area contributed by atoms with Gasteiger partial charge < -0.3 is 19.5 Å². The minimum Gasteiger partial charge on any atom is -0.507 e. The van der Waals surface area contributed by atoms with E-state index in [4.69, 9.17) is 9.47 Å². The van der Waals surface area contributed by atoms with Crippen LogP contribution in [0.15, 0.2) is 72.8 Å². The number of nitrogens with one attached hydrogen (secondary N) is 1. The number of amides is 1. The molecule has 0 bridgehead atoms. The van der Waals surface area contributed by atoms with Crippen molar-refractivity contribution in [1.82, 2.24) is 15.1 Å².